The molecule has 0 spiro atoms. The van der Waals surface area contributed by atoms with Gasteiger partial charge in [-0.3, -0.25) is 4.79 Å². The van der Waals surface area contributed by atoms with Crippen LogP contribution in [0.25, 0.3) is 5.65 Å². The summed E-state index contributed by atoms with van der Waals surface area (Å²) in [4.78, 5) is 15.2. The number of aliphatic carboxylic acids is 1. The Labute approximate surface area is 92.7 Å². The highest BCUT2D eigenvalue weighted by molar-refractivity contribution is 5.74. The second-order valence-corrected chi connectivity index (χ2v) is 4.46. The van der Waals surface area contributed by atoms with Gasteiger partial charge in [0.05, 0.1) is 11.6 Å². The molecule has 0 saturated carbocycles. The summed E-state index contributed by atoms with van der Waals surface area (Å²) < 4.78 is 1.65. The van der Waals surface area contributed by atoms with Crippen molar-refractivity contribution in [2.24, 2.45) is 5.41 Å². The molecule has 0 saturated heterocycles. The van der Waals surface area contributed by atoms with Crippen molar-refractivity contribution in [2.45, 2.75) is 20.3 Å². The van der Waals surface area contributed by atoms with Crippen LogP contribution in [-0.4, -0.2) is 25.7 Å². The fraction of sp³-hybridized carbons (Fsp3) is 0.364. The second-order valence-electron chi connectivity index (χ2n) is 4.46. The predicted octanol–water partition coefficient (Wildman–Crippen LogP) is 1.38. The van der Waals surface area contributed by atoms with Crippen molar-refractivity contribution in [2.75, 3.05) is 0 Å². The van der Waals surface area contributed by atoms with E-state index in [-0.39, 0.29) is 0 Å². The van der Waals surface area contributed by atoms with Gasteiger partial charge in [-0.25, -0.2) is 9.50 Å². The lowest BCUT2D eigenvalue weighted by molar-refractivity contribution is -0.146. The summed E-state index contributed by atoms with van der Waals surface area (Å²) in [5.74, 6) is -0.812. The Morgan fingerprint density at radius 1 is 1.56 bits per heavy atom. The van der Waals surface area contributed by atoms with E-state index in [1.807, 2.05) is 6.20 Å². The van der Waals surface area contributed by atoms with Gasteiger partial charge in [0.2, 0.25) is 0 Å². The number of rotatable bonds is 3. The second kappa shape index (κ2) is 3.59. The molecule has 2 rings (SSSR count). The molecule has 16 heavy (non-hydrogen) atoms. The average Bonchev–Trinajstić information content (AvgIpc) is 2.63. The highest BCUT2D eigenvalue weighted by atomic mass is 16.4. The zero-order chi connectivity index (χ0) is 11.8. The van der Waals surface area contributed by atoms with E-state index >= 15 is 0 Å². The number of carboxylic acid groups (broad SMARTS) is 1. The van der Waals surface area contributed by atoms with Gasteiger partial charge in [-0.05, 0) is 25.8 Å². The Morgan fingerprint density at radius 2 is 2.31 bits per heavy atom. The van der Waals surface area contributed by atoms with Gasteiger partial charge in [-0.1, -0.05) is 0 Å². The van der Waals surface area contributed by atoms with Crippen LogP contribution in [-0.2, 0) is 11.2 Å². The average molecular weight is 219 g/mol. The van der Waals surface area contributed by atoms with Crippen molar-refractivity contribution >= 4 is 11.6 Å². The van der Waals surface area contributed by atoms with Gasteiger partial charge in [0, 0.05) is 18.5 Å². The molecule has 0 bridgehead atoms. The Morgan fingerprint density at radius 3 is 3.00 bits per heavy atom. The zero-order valence-electron chi connectivity index (χ0n) is 9.21. The van der Waals surface area contributed by atoms with Gasteiger partial charge in [-0.2, -0.15) is 5.10 Å². The maximum Gasteiger partial charge on any atom is 0.309 e. The summed E-state index contributed by atoms with van der Waals surface area (Å²) in [7, 11) is 0. The monoisotopic (exact) mass is 219 g/mol. The summed E-state index contributed by atoms with van der Waals surface area (Å²) in [5, 5.41) is 13.1. The first kappa shape index (κ1) is 10.6. The minimum atomic E-state index is -0.812. The van der Waals surface area contributed by atoms with Gasteiger partial charge in [0.1, 0.15) is 0 Å². The maximum absolute atomic E-state index is 11.0. The molecule has 5 nitrogen and oxygen atoms in total. The Kier molecular flexibility index (Phi) is 2.38. The largest absolute Gasteiger partial charge is 0.481 e. The molecule has 0 unspecified atom stereocenters. The van der Waals surface area contributed by atoms with Crippen molar-refractivity contribution in [3.63, 3.8) is 0 Å². The molecule has 0 aliphatic rings. The van der Waals surface area contributed by atoms with Crippen LogP contribution in [0.15, 0.2) is 24.7 Å². The summed E-state index contributed by atoms with van der Waals surface area (Å²) in [5.41, 5.74) is 0.836. The first-order valence-corrected chi connectivity index (χ1v) is 5.01. The molecule has 5 heteroatoms. The van der Waals surface area contributed by atoms with Crippen molar-refractivity contribution in [3.8, 4) is 0 Å². The van der Waals surface area contributed by atoms with Crippen molar-refractivity contribution in [1.82, 2.24) is 14.6 Å². The number of carbonyl (C=O) groups is 1. The van der Waals surface area contributed by atoms with Gasteiger partial charge in [-0.15, -0.1) is 0 Å². The lowest BCUT2D eigenvalue weighted by Gasteiger charge is -2.18. The van der Waals surface area contributed by atoms with E-state index in [2.05, 4.69) is 10.1 Å². The van der Waals surface area contributed by atoms with E-state index in [0.29, 0.717) is 6.42 Å². The lowest BCUT2D eigenvalue weighted by atomic mass is 9.87. The Bertz CT molecular complexity index is 531. The van der Waals surface area contributed by atoms with E-state index in [1.165, 1.54) is 0 Å². The van der Waals surface area contributed by atoms with Crippen LogP contribution in [0.4, 0.5) is 0 Å². The number of hydrogen-bond donors (Lipinski definition) is 1. The van der Waals surface area contributed by atoms with Crippen LogP contribution in [0, 0.1) is 5.41 Å². The molecule has 0 radical (unpaired) electrons. The molecule has 2 heterocycles. The summed E-state index contributed by atoms with van der Waals surface area (Å²) in [6.45, 7) is 3.39. The van der Waals surface area contributed by atoms with Crippen LogP contribution in [0.2, 0.25) is 0 Å². The van der Waals surface area contributed by atoms with Crippen molar-refractivity contribution < 1.29 is 9.90 Å². The Balaban J connectivity index is 2.30. The molecule has 0 aliphatic heterocycles. The van der Waals surface area contributed by atoms with E-state index in [4.69, 9.17) is 5.11 Å². The highest BCUT2D eigenvalue weighted by Crippen LogP contribution is 2.21. The van der Waals surface area contributed by atoms with Crippen LogP contribution >= 0.6 is 0 Å². The minimum absolute atomic E-state index is 0.436. The SMILES string of the molecule is CC(C)(Cc1cnc2ccnn2c1)C(=O)O. The fourth-order valence-electron chi connectivity index (χ4n) is 1.53. The van der Waals surface area contributed by atoms with Crippen molar-refractivity contribution in [3.05, 3.63) is 30.2 Å². The van der Waals surface area contributed by atoms with Crippen molar-refractivity contribution in [1.29, 1.82) is 0 Å². The van der Waals surface area contributed by atoms with E-state index in [0.717, 1.165) is 11.2 Å². The van der Waals surface area contributed by atoms with Crippen LogP contribution in [0.5, 0.6) is 0 Å². The predicted molar refractivity (Wildman–Crippen MR) is 58.1 cm³/mol. The smallest absolute Gasteiger partial charge is 0.309 e. The molecule has 2 aromatic rings. The van der Waals surface area contributed by atoms with Crippen LogP contribution in [0.3, 0.4) is 0 Å². The maximum atomic E-state index is 11.0. The molecular formula is C11H13N3O2. The third kappa shape index (κ3) is 1.88. The van der Waals surface area contributed by atoms with Crippen LogP contribution < -0.4 is 0 Å². The normalized spacial score (nSPS) is 11.9. The third-order valence-corrected chi connectivity index (χ3v) is 2.53. The molecule has 84 valence electrons. The molecule has 1 N–H and O–H groups in total. The Hall–Kier alpha value is -1.91. The molecule has 0 fully saturated rings. The van der Waals surface area contributed by atoms with Crippen LogP contribution in [0.1, 0.15) is 19.4 Å². The number of aromatic nitrogens is 3. The number of nitrogens with zero attached hydrogens (tertiary/aromatic N) is 3. The molecule has 0 aromatic carbocycles. The molecule has 2 aromatic heterocycles. The van der Waals surface area contributed by atoms with Gasteiger partial charge < -0.3 is 5.11 Å². The van der Waals surface area contributed by atoms with Gasteiger partial charge >= 0.3 is 5.97 Å². The van der Waals surface area contributed by atoms with Gasteiger partial charge in [0.25, 0.3) is 0 Å². The molecule has 0 amide bonds. The summed E-state index contributed by atoms with van der Waals surface area (Å²) >= 11 is 0. The first-order chi connectivity index (χ1) is 7.49. The standard InChI is InChI=1S/C11H13N3O2/c1-11(2,10(15)16)5-8-6-12-9-3-4-13-14(9)7-8/h3-4,6-7H,5H2,1-2H3,(H,15,16). The highest BCUT2D eigenvalue weighted by Gasteiger charge is 2.27. The lowest BCUT2D eigenvalue weighted by Crippen LogP contribution is -2.26. The van der Waals surface area contributed by atoms with Gasteiger partial charge in [0.15, 0.2) is 5.65 Å². The fourth-order valence-corrected chi connectivity index (χ4v) is 1.53. The molecule has 0 atom stereocenters. The number of carboxylic acids is 1. The quantitative estimate of drug-likeness (QED) is 0.846. The topological polar surface area (TPSA) is 67.5 Å². The third-order valence-electron chi connectivity index (χ3n) is 2.53. The van der Waals surface area contributed by atoms with E-state index < -0.39 is 11.4 Å². The molecular weight excluding hydrogens is 206 g/mol. The summed E-state index contributed by atoms with van der Waals surface area (Å²) in [6.07, 6.45) is 5.61. The summed E-state index contributed by atoms with van der Waals surface area (Å²) in [6, 6.07) is 1.80. The number of fused-ring (bicyclic) bond motifs is 1. The zero-order valence-corrected chi connectivity index (χ0v) is 9.21. The minimum Gasteiger partial charge on any atom is -0.481 e. The molecule has 0 aliphatic carbocycles. The first-order valence-electron chi connectivity index (χ1n) is 5.01. The number of hydrogen-bond acceptors (Lipinski definition) is 3. The van der Waals surface area contributed by atoms with E-state index in [9.17, 15) is 4.79 Å². The van der Waals surface area contributed by atoms with E-state index in [1.54, 1.807) is 36.8 Å².